The van der Waals surface area contributed by atoms with E-state index in [2.05, 4.69) is 0 Å². The molecule has 14 atom stereocenters. The van der Waals surface area contributed by atoms with Gasteiger partial charge < -0.3 is 79.9 Å². The van der Waals surface area contributed by atoms with Crippen LogP contribution in [-0.2, 0) is 23.7 Å². The van der Waals surface area contributed by atoms with Gasteiger partial charge in [0.15, 0.2) is 12.6 Å². The molecule has 16 heteroatoms. The van der Waals surface area contributed by atoms with Crippen LogP contribution in [0.3, 0.4) is 0 Å². The highest BCUT2D eigenvalue weighted by Gasteiger charge is 2.58. The Balaban J connectivity index is 1.69. The summed E-state index contributed by atoms with van der Waals surface area (Å²) in [6.07, 6.45) is -21.8. The normalized spacial score (nSPS) is 52.1. The lowest BCUT2D eigenvalue weighted by Crippen LogP contribution is -2.63. The molecule has 3 fully saturated rings. The molecule has 0 aromatic heterocycles. The van der Waals surface area contributed by atoms with Crippen LogP contribution in [0.5, 0.6) is 0 Å². The minimum absolute atomic E-state index is 0.634. The van der Waals surface area contributed by atoms with Crippen molar-refractivity contribution in [2.24, 2.45) is 0 Å². The fourth-order valence-electron chi connectivity index (χ4n) is 4.01. The largest absolute Gasteiger partial charge is 0.394 e. The molecule has 5 unspecified atom stereocenters. The Labute approximate surface area is 192 Å². The van der Waals surface area contributed by atoms with Gasteiger partial charge in [0.2, 0.25) is 5.79 Å². The minimum Gasteiger partial charge on any atom is -0.394 e. The molecule has 3 aliphatic rings. The van der Waals surface area contributed by atoms with Gasteiger partial charge in [-0.05, 0) is 0 Å². The molecule has 3 aliphatic heterocycles. The molecule has 0 amide bonds. The van der Waals surface area contributed by atoms with E-state index in [4.69, 9.17) is 23.7 Å². The van der Waals surface area contributed by atoms with Crippen LogP contribution in [0.15, 0.2) is 0 Å². The van der Waals surface area contributed by atoms with Gasteiger partial charge in [0.05, 0.1) is 19.8 Å². The first-order valence-electron chi connectivity index (χ1n) is 10.6. The molecule has 0 bridgehead atoms. The second-order valence-electron chi connectivity index (χ2n) is 8.41. The van der Waals surface area contributed by atoms with E-state index in [1.54, 1.807) is 0 Å². The summed E-state index contributed by atoms with van der Waals surface area (Å²) in [4.78, 5) is 0. The van der Waals surface area contributed by atoms with Crippen molar-refractivity contribution < 1.29 is 79.9 Å². The smallest absolute Gasteiger partial charge is 0.224 e. The lowest BCUT2D eigenvalue weighted by molar-refractivity contribution is -0.388. The van der Waals surface area contributed by atoms with E-state index in [1.165, 1.54) is 0 Å². The van der Waals surface area contributed by atoms with Crippen molar-refractivity contribution in [1.82, 2.24) is 0 Å². The van der Waals surface area contributed by atoms with Gasteiger partial charge in [0.25, 0.3) is 0 Å². The van der Waals surface area contributed by atoms with E-state index >= 15 is 0 Å². The first-order valence-corrected chi connectivity index (χ1v) is 10.6. The van der Waals surface area contributed by atoms with Crippen molar-refractivity contribution in [1.29, 1.82) is 0 Å². The SMILES string of the molecule is OCC1O[C@H](OCC2O[C@H](O[C@]3(CO)O[C@@H](CO)C(O)[C@H]3O)C(O)[C@@H](O)[C@@H]2O)C(O)[C@@H](O)[C@H]1O. The number of ether oxygens (including phenoxy) is 5. The topological polar surface area (TPSA) is 269 Å². The summed E-state index contributed by atoms with van der Waals surface area (Å²) in [6, 6.07) is 0. The van der Waals surface area contributed by atoms with Crippen LogP contribution in [0, 0.1) is 0 Å². The summed E-state index contributed by atoms with van der Waals surface area (Å²) in [5.41, 5.74) is 0. The average Bonchev–Trinajstić information content (AvgIpc) is 3.08. The summed E-state index contributed by atoms with van der Waals surface area (Å²) in [7, 11) is 0. The Morgan fingerprint density at radius 3 is 1.65 bits per heavy atom. The van der Waals surface area contributed by atoms with E-state index in [1.807, 2.05) is 0 Å². The Morgan fingerprint density at radius 2 is 1.12 bits per heavy atom. The zero-order chi connectivity index (χ0) is 25.4. The molecule has 0 aromatic rings. The summed E-state index contributed by atoms with van der Waals surface area (Å²) in [5, 5.41) is 109. The van der Waals surface area contributed by atoms with E-state index in [0.29, 0.717) is 0 Å². The third-order valence-electron chi connectivity index (χ3n) is 6.16. The van der Waals surface area contributed by atoms with Crippen LogP contribution in [0.1, 0.15) is 0 Å². The molecule has 0 radical (unpaired) electrons. The standard InChI is InChI=1S/C18H32O16/c19-1-5-8(22)11(25)13(27)16(31-5)30-3-7-9(23)12(26)14(28)17(32-7)34-18(4-21)15(29)10(24)6(2-20)33-18/h5-17,19-29H,1-4H2/t5?,6-,7?,8-,9+,10?,11-,12-,13?,14?,15+,16-,17+,18-/m0/s1. The maximum absolute atomic E-state index is 10.3. The van der Waals surface area contributed by atoms with Gasteiger partial charge in [-0.1, -0.05) is 0 Å². The Kier molecular flexibility index (Phi) is 9.18. The maximum atomic E-state index is 10.3. The highest BCUT2D eigenvalue weighted by Crippen LogP contribution is 2.36. The highest BCUT2D eigenvalue weighted by molar-refractivity contribution is 4.98. The molecular formula is C18H32O16. The number of hydrogen-bond donors (Lipinski definition) is 11. The second kappa shape index (κ2) is 11.2. The molecule has 11 N–H and O–H groups in total. The van der Waals surface area contributed by atoms with Crippen molar-refractivity contribution in [2.45, 2.75) is 85.5 Å². The molecule has 200 valence electrons. The first kappa shape index (κ1) is 27.9. The van der Waals surface area contributed by atoms with E-state index in [9.17, 15) is 56.2 Å². The van der Waals surface area contributed by atoms with Crippen molar-refractivity contribution in [3.63, 3.8) is 0 Å². The van der Waals surface area contributed by atoms with E-state index < -0.39 is 112 Å². The molecule has 3 saturated heterocycles. The molecular weight excluding hydrogens is 472 g/mol. The molecule has 0 aliphatic carbocycles. The number of aliphatic hydroxyl groups excluding tert-OH is 11. The number of rotatable bonds is 8. The van der Waals surface area contributed by atoms with E-state index in [-0.39, 0.29) is 0 Å². The van der Waals surface area contributed by atoms with Crippen LogP contribution in [0.25, 0.3) is 0 Å². The van der Waals surface area contributed by atoms with Crippen molar-refractivity contribution in [3.8, 4) is 0 Å². The number of aliphatic hydroxyl groups is 11. The van der Waals surface area contributed by atoms with Crippen LogP contribution in [-0.4, -0.2) is 168 Å². The first-order chi connectivity index (χ1) is 16.0. The maximum Gasteiger partial charge on any atom is 0.224 e. The van der Waals surface area contributed by atoms with Gasteiger partial charge in [-0.15, -0.1) is 0 Å². The molecule has 16 nitrogen and oxygen atoms in total. The van der Waals surface area contributed by atoms with E-state index in [0.717, 1.165) is 0 Å². The lowest BCUT2D eigenvalue weighted by atomic mass is 9.98. The molecule has 0 saturated carbocycles. The third kappa shape index (κ3) is 5.09. The predicted octanol–water partition coefficient (Wildman–Crippen LogP) is -7.57. The van der Waals surface area contributed by atoms with Gasteiger partial charge >= 0.3 is 0 Å². The molecule has 3 heterocycles. The summed E-state index contributed by atoms with van der Waals surface area (Å²) >= 11 is 0. The van der Waals surface area contributed by atoms with Crippen molar-refractivity contribution >= 4 is 0 Å². The second-order valence-corrected chi connectivity index (χ2v) is 8.41. The lowest BCUT2D eigenvalue weighted by Gasteiger charge is -2.44. The number of hydrogen-bond acceptors (Lipinski definition) is 16. The zero-order valence-corrected chi connectivity index (χ0v) is 17.8. The van der Waals surface area contributed by atoms with Crippen LogP contribution < -0.4 is 0 Å². The van der Waals surface area contributed by atoms with Gasteiger partial charge in [0, 0.05) is 0 Å². The quantitative estimate of drug-likeness (QED) is 0.146. The summed E-state index contributed by atoms with van der Waals surface area (Å²) in [5.74, 6) is -2.36. The molecule has 0 spiro atoms. The van der Waals surface area contributed by atoms with Crippen LogP contribution >= 0.6 is 0 Å². The van der Waals surface area contributed by atoms with Crippen LogP contribution in [0.2, 0.25) is 0 Å². The molecule has 3 rings (SSSR count). The molecule has 0 aromatic carbocycles. The predicted molar refractivity (Wildman–Crippen MR) is 101 cm³/mol. The highest BCUT2D eigenvalue weighted by atomic mass is 16.8. The fraction of sp³-hybridized carbons (Fsp3) is 1.00. The average molecular weight is 504 g/mol. The van der Waals surface area contributed by atoms with Crippen LogP contribution in [0.4, 0.5) is 0 Å². The summed E-state index contributed by atoms with van der Waals surface area (Å²) < 4.78 is 26.4. The van der Waals surface area contributed by atoms with Crippen molar-refractivity contribution in [2.75, 3.05) is 26.4 Å². The Bertz CT molecular complexity index is 653. The third-order valence-corrected chi connectivity index (χ3v) is 6.16. The van der Waals surface area contributed by atoms with Crippen molar-refractivity contribution in [3.05, 3.63) is 0 Å². The zero-order valence-electron chi connectivity index (χ0n) is 17.8. The minimum atomic E-state index is -2.36. The van der Waals surface area contributed by atoms with Gasteiger partial charge in [-0.25, -0.2) is 0 Å². The summed E-state index contributed by atoms with van der Waals surface area (Å²) in [6.45, 7) is -3.14. The van der Waals surface area contributed by atoms with Gasteiger partial charge in [-0.2, -0.15) is 0 Å². The molecule has 34 heavy (non-hydrogen) atoms. The Morgan fingerprint density at radius 1 is 0.588 bits per heavy atom. The van der Waals surface area contributed by atoms with Gasteiger partial charge in [0.1, 0.15) is 73.8 Å². The monoisotopic (exact) mass is 504 g/mol. The Hall–Kier alpha value is -0.640. The van der Waals surface area contributed by atoms with Gasteiger partial charge in [-0.3, -0.25) is 0 Å². The fourth-order valence-corrected chi connectivity index (χ4v) is 4.01.